The largest absolute Gasteiger partial charge is 0.412 e. The molecule has 10 nitrogen and oxygen atoms in total. The summed E-state index contributed by atoms with van der Waals surface area (Å²) in [7, 11) is 6.70. The van der Waals surface area contributed by atoms with Gasteiger partial charge >= 0.3 is 12.1 Å². The second-order valence-electron chi connectivity index (χ2n) is 8.11. The lowest BCUT2D eigenvalue weighted by molar-refractivity contribution is 0.0645. The van der Waals surface area contributed by atoms with Crippen LogP contribution in [0.25, 0.3) is 21.8 Å². The highest BCUT2D eigenvalue weighted by Gasteiger charge is 2.39. The lowest BCUT2D eigenvalue weighted by Crippen LogP contribution is -2.35. The molecule has 0 unspecified atom stereocenters. The van der Waals surface area contributed by atoms with Crippen molar-refractivity contribution in [2.45, 2.75) is 6.92 Å². The van der Waals surface area contributed by atoms with Gasteiger partial charge in [0.2, 0.25) is 0 Å². The molecule has 4 rings (SSSR count). The summed E-state index contributed by atoms with van der Waals surface area (Å²) in [5, 5.41) is 6.02. The van der Waals surface area contributed by atoms with Crippen molar-refractivity contribution in [1.82, 2.24) is 25.0 Å². The number of amides is 4. The molecule has 3 aromatic rings. The monoisotopic (exact) mass is 487 g/mol. The molecule has 4 amide bonds. The number of halogens is 1. The molecule has 34 heavy (non-hydrogen) atoms. The van der Waals surface area contributed by atoms with E-state index in [0.29, 0.717) is 39.5 Å². The number of benzene rings is 2. The van der Waals surface area contributed by atoms with Crippen LogP contribution in [-0.2, 0) is 0 Å². The van der Waals surface area contributed by atoms with Gasteiger partial charge in [-0.25, -0.2) is 9.59 Å². The Labute approximate surface area is 202 Å². The number of nitrogens with one attached hydrogen (secondary N) is 2. The van der Waals surface area contributed by atoms with E-state index in [0.717, 1.165) is 0 Å². The van der Waals surface area contributed by atoms with Crippen LogP contribution >= 0.6 is 12.4 Å². The maximum absolute atomic E-state index is 13.4. The second kappa shape index (κ2) is 9.32. The molecule has 2 heterocycles. The molecule has 0 saturated carbocycles. The van der Waals surface area contributed by atoms with Gasteiger partial charge in [-0.2, -0.15) is 0 Å². The van der Waals surface area contributed by atoms with Crippen molar-refractivity contribution < 1.29 is 23.9 Å². The second-order valence-corrected chi connectivity index (χ2v) is 8.11. The van der Waals surface area contributed by atoms with Crippen LogP contribution in [0.3, 0.4) is 0 Å². The van der Waals surface area contributed by atoms with Crippen LogP contribution in [0.5, 0.6) is 5.75 Å². The Morgan fingerprint density at radius 2 is 1.76 bits per heavy atom. The van der Waals surface area contributed by atoms with Gasteiger partial charge in [-0.3, -0.25) is 19.1 Å². The average Bonchev–Trinajstić information content (AvgIpc) is 3.24. The zero-order valence-corrected chi connectivity index (χ0v) is 20.3. The maximum Gasteiger partial charge on any atom is 0.412 e. The standard InChI is InChI=1S/C23H25N5O5.ClH/c1-12-10-15-18(21(30)27(20(15)29)9-8-26(4)5)17-14-11-13(33-23(32)25-3)6-7-16(14)28(19(12)17)22(31)24-2;/h6-7,10-11H,8-9H2,1-5H3,(H,24,31)(H,25,32);1H. The Morgan fingerprint density at radius 1 is 1.06 bits per heavy atom. The number of hydrogen-bond donors (Lipinski definition) is 2. The first-order valence-corrected chi connectivity index (χ1v) is 10.4. The van der Waals surface area contributed by atoms with Crippen molar-refractivity contribution in [2.24, 2.45) is 0 Å². The summed E-state index contributed by atoms with van der Waals surface area (Å²) in [6.07, 6.45) is -0.646. The summed E-state index contributed by atoms with van der Waals surface area (Å²) in [5.41, 5.74) is 2.28. The van der Waals surface area contributed by atoms with Crippen LogP contribution in [0.15, 0.2) is 24.3 Å². The molecule has 2 aromatic carbocycles. The van der Waals surface area contributed by atoms with E-state index in [-0.39, 0.29) is 42.2 Å². The molecule has 1 aliphatic heterocycles. The van der Waals surface area contributed by atoms with Crippen molar-refractivity contribution in [1.29, 1.82) is 0 Å². The molecule has 0 atom stereocenters. The van der Waals surface area contributed by atoms with Crippen molar-refractivity contribution in [3.05, 3.63) is 41.0 Å². The van der Waals surface area contributed by atoms with E-state index in [2.05, 4.69) is 10.6 Å². The topological polar surface area (TPSA) is 113 Å². The number of aromatic nitrogens is 1. The molecule has 0 spiro atoms. The summed E-state index contributed by atoms with van der Waals surface area (Å²) in [6, 6.07) is 6.10. The third-order valence-corrected chi connectivity index (χ3v) is 5.73. The van der Waals surface area contributed by atoms with Crippen LogP contribution in [0.2, 0.25) is 0 Å². The average molecular weight is 488 g/mol. The number of carbonyl (C=O) groups excluding carboxylic acids is 4. The van der Waals surface area contributed by atoms with Crippen LogP contribution in [0.4, 0.5) is 9.59 Å². The van der Waals surface area contributed by atoms with Gasteiger partial charge in [-0.1, -0.05) is 0 Å². The fourth-order valence-corrected chi connectivity index (χ4v) is 4.20. The first kappa shape index (κ1) is 25.0. The fourth-order valence-electron chi connectivity index (χ4n) is 4.20. The van der Waals surface area contributed by atoms with E-state index in [1.165, 1.54) is 23.6 Å². The van der Waals surface area contributed by atoms with E-state index in [9.17, 15) is 19.2 Å². The number of carbonyl (C=O) groups is 4. The van der Waals surface area contributed by atoms with Gasteiger partial charge in [0.25, 0.3) is 11.8 Å². The lowest BCUT2D eigenvalue weighted by Gasteiger charge is -2.16. The summed E-state index contributed by atoms with van der Waals surface area (Å²) in [5.74, 6) is -0.523. The molecule has 0 saturated heterocycles. The summed E-state index contributed by atoms with van der Waals surface area (Å²) in [6.45, 7) is 2.57. The summed E-state index contributed by atoms with van der Waals surface area (Å²) in [4.78, 5) is 54.3. The number of nitrogens with zero attached hydrogens (tertiary/aromatic N) is 3. The smallest absolute Gasteiger partial charge is 0.410 e. The van der Waals surface area contributed by atoms with E-state index in [1.54, 1.807) is 31.2 Å². The number of rotatable bonds is 4. The van der Waals surface area contributed by atoms with E-state index in [4.69, 9.17) is 4.74 Å². The molecular formula is C23H26ClN5O5. The summed E-state index contributed by atoms with van der Waals surface area (Å²) < 4.78 is 6.75. The predicted molar refractivity (Wildman–Crippen MR) is 130 cm³/mol. The number of fused-ring (bicyclic) bond motifs is 5. The molecule has 0 radical (unpaired) electrons. The molecular weight excluding hydrogens is 462 g/mol. The highest BCUT2D eigenvalue weighted by molar-refractivity contribution is 6.31. The van der Waals surface area contributed by atoms with E-state index >= 15 is 0 Å². The minimum atomic E-state index is -0.646. The van der Waals surface area contributed by atoms with Crippen molar-refractivity contribution >= 4 is 58.2 Å². The minimum Gasteiger partial charge on any atom is -0.410 e. The van der Waals surface area contributed by atoms with Crippen LogP contribution in [0, 0.1) is 6.92 Å². The molecule has 0 bridgehead atoms. The van der Waals surface area contributed by atoms with Crippen molar-refractivity contribution in [3.8, 4) is 5.75 Å². The van der Waals surface area contributed by atoms with E-state index in [1.807, 2.05) is 19.0 Å². The molecule has 1 aromatic heterocycles. The third kappa shape index (κ3) is 3.84. The number of imide groups is 1. The molecule has 0 fully saturated rings. The van der Waals surface area contributed by atoms with Gasteiger partial charge in [-0.15, -0.1) is 12.4 Å². The van der Waals surface area contributed by atoms with Gasteiger partial charge < -0.3 is 20.3 Å². The Bertz CT molecular complexity index is 1350. The highest BCUT2D eigenvalue weighted by Crippen LogP contribution is 2.40. The maximum atomic E-state index is 13.4. The molecule has 0 aliphatic carbocycles. The predicted octanol–water partition coefficient (Wildman–Crippen LogP) is 2.59. The van der Waals surface area contributed by atoms with Gasteiger partial charge in [0.15, 0.2) is 0 Å². The van der Waals surface area contributed by atoms with Crippen molar-refractivity contribution in [2.75, 3.05) is 41.3 Å². The Hall–Kier alpha value is -3.63. The number of likely N-dealkylation sites (N-methyl/N-ethyl adjacent to an activating group) is 1. The number of ether oxygens (including phenoxy) is 1. The zero-order valence-electron chi connectivity index (χ0n) is 19.5. The van der Waals surface area contributed by atoms with E-state index < -0.39 is 12.0 Å². The normalized spacial score (nSPS) is 12.8. The molecule has 1 aliphatic rings. The lowest BCUT2D eigenvalue weighted by atomic mass is 9.99. The fraction of sp³-hybridized carbons (Fsp3) is 0.304. The van der Waals surface area contributed by atoms with Crippen LogP contribution < -0.4 is 15.4 Å². The zero-order chi connectivity index (χ0) is 24.0. The Balaban J connectivity index is 0.00000324. The van der Waals surface area contributed by atoms with Crippen molar-refractivity contribution in [3.63, 3.8) is 0 Å². The van der Waals surface area contributed by atoms with Crippen LogP contribution in [-0.4, -0.2) is 79.6 Å². The molecule has 180 valence electrons. The Kier molecular flexibility index (Phi) is 6.85. The number of hydrogen-bond acceptors (Lipinski definition) is 6. The Morgan fingerprint density at radius 3 is 2.38 bits per heavy atom. The quantitative estimate of drug-likeness (QED) is 0.547. The molecule has 11 heteroatoms. The minimum absolute atomic E-state index is 0. The molecule has 2 N–H and O–H groups in total. The highest BCUT2D eigenvalue weighted by atomic mass is 35.5. The van der Waals surface area contributed by atoms with Gasteiger partial charge in [0, 0.05) is 38.0 Å². The first-order valence-electron chi connectivity index (χ1n) is 10.4. The summed E-state index contributed by atoms with van der Waals surface area (Å²) >= 11 is 0. The van der Waals surface area contributed by atoms with Gasteiger partial charge in [0.05, 0.1) is 22.2 Å². The third-order valence-electron chi connectivity index (χ3n) is 5.73. The van der Waals surface area contributed by atoms with Crippen LogP contribution in [0.1, 0.15) is 26.3 Å². The van der Waals surface area contributed by atoms with Gasteiger partial charge in [0.1, 0.15) is 5.75 Å². The first-order chi connectivity index (χ1) is 15.7. The SMILES string of the molecule is CNC(=O)Oc1ccc2c(c1)c1c3c(cc(C)c1n2C(=O)NC)C(=O)N(CCN(C)C)C3=O.Cl. The number of aryl methyl sites for hydroxylation is 1. The van der Waals surface area contributed by atoms with Gasteiger partial charge in [-0.05, 0) is 50.8 Å².